The van der Waals surface area contributed by atoms with Crippen LogP contribution < -0.4 is 13.8 Å². The lowest BCUT2D eigenvalue weighted by Gasteiger charge is -2.25. The van der Waals surface area contributed by atoms with E-state index in [1.165, 1.54) is 4.31 Å². The van der Waals surface area contributed by atoms with E-state index >= 15 is 0 Å². The molecule has 1 aliphatic heterocycles. The van der Waals surface area contributed by atoms with Gasteiger partial charge in [-0.25, -0.2) is 17.3 Å². The molecule has 2 unspecified atom stereocenters. The standard InChI is InChI=1S/C18H21N3O5S2/c1-25-15-4-2-13(3-5-15)11-21(28(23,24)16-6-7-16)14-8-9-19-17(10-14)18-12-26-27(22)20-18/h2-5,8-10,16,18,20H,6-7,11-12H2,1H3. The van der Waals surface area contributed by atoms with Crippen molar-refractivity contribution in [3.63, 3.8) is 0 Å². The van der Waals surface area contributed by atoms with Crippen LogP contribution in [-0.4, -0.2) is 36.6 Å². The number of benzene rings is 1. The molecule has 2 heterocycles. The van der Waals surface area contributed by atoms with Crippen LogP contribution in [0, 0.1) is 0 Å². The number of hydrogen-bond donors (Lipinski definition) is 1. The Morgan fingerprint density at radius 1 is 1.29 bits per heavy atom. The summed E-state index contributed by atoms with van der Waals surface area (Å²) in [5, 5.41) is -0.345. The molecule has 2 atom stereocenters. The Labute approximate surface area is 166 Å². The summed E-state index contributed by atoms with van der Waals surface area (Å²) in [6.45, 7) is 0.434. The van der Waals surface area contributed by atoms with E-state index in [2.05, 4.69) is 9.71 Å². The number of sulfonamides is 1. The fourth-order valence-electron chi connectivity index (χ4n) is 3.01. The second-order valence-electron chi connectivity index (χ2n) is 6.73. The molecule has 0 radical (unpaired) electrons. The number of nitrogens with zero attached hydrogens (tertiary/aromatic N) is 2. The summed E-state index contributed by atoms with van der Waals surface area (Å²) in [7, 11) is -1.89. The first kappa shape index (κ1) is 19.3. The number of aromatic nitrogens is 1. The van der Waals surface area contributed by atoms with Gasteiger partial charge < -0.3 is 4.74 Å². The van der Waals surface area contributed by atoms with Gasteiger partial charge in [-0.3, -0.25) is 13.5 Å². The Balaban J connectivity index is 1.66. The summed E-state index contributed by atoms with van der Waals surface area (Å²) in [5.41, 5.74) is 1.98. The van der Waals surface area contributed by atoms with Crippen LogP contribution in [0.1, 0.15) is 30.1 Å². The van der Waals surface area contributed by atoms with Gasteiger partial charge in [0, 0.05) is 6.20 Å². The summed E-state index contributed by atoms with van der Waals surface area (Å²) in [6, 6.07) is 10.4. The van der Waals surface area contributed by atoms with Crippen LogP contribution in [0.4, 0.5) is 5.69 Å². The van der Waals surface area contributed by atoms with Gasteiger partial charge in [-0.1, -0.05) is 12.1 Å². The van der Waals surface area contributed by atoms with E-state index < -0.39 is 21.3 Å². The van der Waals surface area contributed by atoms with Crippen molar-refractivity contribution in [3.8, 4) is 5.75 Å². The smallest absolute Gasteiger partial charge is 0.238 e. The normalized spacial score (nSPS) is 22.2. The molecule has 1 N–H and O–H groups in total. The van der Waals surface area contributed by atoms with E-state index in [0.29, 0.717) is 30.0 Å². The van der Waals surface area contributed by atoms with Crippen LogP contribution in [0.5, 0.6) is 5.75 Å². The highest BCUT2D eigenvalue weighted by Gasteiger charge is 2.40. The molecule has 4 rings (SSSR count). The van der Waals surface area contributed by atoms with Crippen LogP contribution in [0.25, 0.3) is 0 Å². The summed E-state index contributed by atoms with van der Waals surface area (Å²) in [4.78, 5) is 4.30. The minimum Gasteiger partial charge on any atom is -0.497 e. The molecule has 2 aliphatic rings. The predicted molar refractivity (Wildman–Crippen MR) is 105 cm³/mol. The van der Waals surface area contributed by atoms with Gasteiger partial charge in [0.2, 0.25) is 21.3 Å². The summed E-state index contributed by atoms with van der Waals surface area (Å²) in [5.74, 6) is 0.715. The Bertz CT molecular complexity index is 977. The lowest BCUT2D eigenvalue weighted by atomic mass is 10.2. The number of anilines is 1. The molecule has 10 heteroatoms. The van der Waals surface area contributed by atoms with Crippen LogP contribution in [0.15, 0.2) is 42.6 Å². The van der Waals surface area contributed by atoms with Gasteiger partial charge >= 0.3 is 0 Å². The Morgan fingerprint density at radius 2 is 2.04 bits per heavy atom. The average Bonchev–Trinajstić information content (AvgIpc) is 3.48. The average molecular weight is 424 g/mol. The first-order chi connectivity index (χ1) is 13.5. The molecule has 1 aromatic carbocycles. The fraction of sp³-hybridized carbons (Fsp3) is 0.389. The maximum atomic E-state index is 13.1. The fourth-order valence-corrected chi connectivity index (χ4v) is 5.59. The van der Waals surface area contributed by atoms with Crippen LogP contribution in [0.2, 0.25) is 0 Å². The Kier molecular flexibility index (Phi) is 5.37. The van der Waals surface area contributed by atoms with E-state index in [1.54, 1.807) is 25.4 Å². The van der Waals surface area contributed by atoms with Crippen molar-refractivity contribution in [2.75, 3.05) is 18.0 Å². The molecule has 150 valence electrons. The summed E-state index contributed by atoms with van der Waals surface area (Å²) in [6.07, 6.45) is 2.92. The molecule has 1 aliphatic carbocycles. The highest BCUT2D eigenvalue weighted by atomic mass is 32.2. The van der Waals surface area contributed by atoms with E-state index in [1.807, 2.05) is 24.3 Å². The quantitative estimate of drug-likeness (QED) is 0.730. The van der Waals surface area contributed by atoms with Crippen molar-refractivity contribution in [1.29, 1.82) is 0 Å². The lowest BCUT2D eigenvalue weighted by molar-refractivity contribution is 0.357. The minimum absolute atomic E-state index is 0.215. The maximum Gasteiger partial charge on any atom is 0.238 e. The number of rotatable bonds is 7. The van der Waals surface area contributed by atoms with Crippen molar-refractivity contribution in [2.24, 2.45) is 0 Å². The van der Waals surface area contributed by atoms with Gasteiger partial charge in [-0.2, -0.15) is 0 Å². The summed E-state index contributed by atoms with van der Waals surface area (Å²) < 4.78 is 52.0. The second-order valence-corrected chi connectivity index (χ2v) is 9.81. The van der Waals surface area contributed by atoms with Gasteiger partial charge in [0.25, 0.3) is 0 Å². The van der Waals surface area contributed by atoms with Gasteiger partial charge in [-0.05, 0) is 42.7 Å². The third kappa shape index (κ3) is 4.04. The molecule has 2 aromatic rings. The monoisotopic (exact) mass is 423 g/mol. The number of ether oxygens (including phenoxy) is 1. The largest absolute Gasteiger partial charge is 0.497 e. The molecule has 0 bridgehead atoms. The zero-order chi connectivity index (χ0) is 19.7. The van der Waals surface area contributed by atoms with Crippen molar-refractivity contribution >= 4 is 27.0 Å². The zero-order valence-electron chi connectivity index (χ0n) is 15.3. The third-order valence-corrected chi connectivity index (χ3v) is 7.82. The van der Waals surface area contributed by atoms with Gasteiger partial charge in [0.1, 0.15) is 5.75 Å². The Morgan fingerprint density at radius 3 is 2.64 bits per heavy atom. The molecular formula is C18H21N3O5S2. The molecule has 0 spiro atoms. The second kappa shape index (κ2) is 7.78. The van der Waals surface area contributed by atoms with Crippen LogP contribution >= 0.6 is 0 Å². The summed E-state index contributed by atoms with van der Waals surface area (Å²) >= 11 is -1.55. The molecule has 2 fully saturated rings. The third-order valence-electron chi connectivity index (χ3n) is 4.73. The Hall–Kier alpha value is -2.01. The topological polar surface area (TPSA) is 97.8 Å². The highest BCUT2D eigenvalue weighted by Crippen LogP contribution is 2.35. The van der Waals surface area contributed by atoms with Crippen LogP contribution in [-0.2, 0) is 32.0 Å². The highest BCUT2D eigenvalue weighted by molar-refractivity contribution is 7.93. The van der Waals surface area contributed by atoms with E-state index in [0.717, 1.165) is 5.56 Å². The minimum atomic E-state index is -3.48. The molecule has 8 nitrogen and oxygen atoms in total. The van der Waals surface area contributed by atoms with Crippen molar-refractivity contribution in [3.05, 3.63) is 53.9 Å². The first-order valence-electron chi connectivity index (χ1n) is 8.89. The molecule has 1 saturated heterocycles. The first-order valence-corrected chi connectivity index (χ1v) is 11.5. The number of methoxy groups -OCH3 is 1. The number of hydrogen-bond acceptors (Lipinski definition) is 6. The molecule has 1 aromatic heterocycles. The van der Waals surface area contributed by atoms with Gasteiger partial charge in [0.15, 0.2) is 0 Å². The predicted octanol–water partition coefficient (Wildman–Crippen LogP) is 1.83. The van der Waals surface area contributed by atoms with Crippen molar-refractivity contribution in [1.82, 2.24) is 9.71 Å². The lowest BCUT2D eigenvalue weighted by Crippen LogP contribution is -2.33. The molecule has 0 amide bonds. The molecule has 28 heavy (non-hydrogen) atoms. The van der Waals surface area contributed by atoms with E-state index in [9.17, 15) is 12.6 Å². The molecular weight excluding hydrogens is 402 g/mol. The van der Waals surface area contributed by atoms with E-state index in [4.69, 9.17) is 8.92 Å². The SMILES string of the molecule is COc1ccc(CN(c2ccnc(C3COS(=O)N3)c2)S(=O)(=O)C2CC2)cc1. The number of nitrogens with one attached hydrogen (secondary N) is 1. The number of pyridine rings is 1. The van der Waals surface area contributed by atoms with Crippen LogP contribution in [0.3, 0.4) is 0 Å². The van der Waals surface area contributed by atoms with Gasteiger partial charge in [0.05, 0.1) is 42.9 Å². The van der Waals surface area contributed by atoms with Gasteiger partial charge in [-0.15, -0.1) is 0 Å². The van der Waals surface area contributed by atoms with Crippen molar-refractivity contribution < 1.29 is 21.5 Å². The van der Waals surface area contributed by atoms with Crippen molar-refractivity contribution in [2.45, 2.75) is 30.7 Å². The van der Waals surface area contributed by atoms with E-state index in [-0.39, 0.29) is 24.4 Å². The maximum absolute atomic E-state index is 13.1. The molecule has 1 saturated carbocycles. The zero-order valence-corrected chi connectivity index (χ0v) is 16.9.